The van der Waals surface area contributed by atoms with Gasteiger partial charge in [0, 0.05) is 19.2 Å². The normalized spacial score (nSPS) is 13.5. The molecule has 0 spiro atoms. The Morgan fingerprint density at radius 3 is 2.32 bits per heavy atom. The minimum atomic E-state index is -4.61. The van der Waals surface area contributed by atoms with Crippen LogP contribution in [0.25, 0.3) is 0 Å². The SMILES string of the molecule is CS(=O)(=O)CCNC(=O)NC(Cc1ccccc1)C(F)(F)F. The van der Waals surface area contributed by atoms with Crippen LogP contribution < -0.4 is 10.6 Å². The zero-order chi connectivity index (χ0) is 16.8. The van der Waals surface area contributed by atoms with Gasteiger partial charge in [-0.3, -0.25) is 0 Å². The minimum Gasteiger partial charge on any atom is -0.337 e. The van der Waals surface area contributed by atoms with Gasteiger partial charge in [-0.15, -0.1) is 0 Å². The molecule has 0 saturated heterocycles. The Morgan fingerprint density at radius 2 is 1.82 bits per heavy atom. The van der Waals surface area contributed by atoms with Crippen molar-refractivity contribution in [1.29, 1.82) is 0 Å². The van der Waals surface area contributed by atoms with Crippen molar-refractivity contribution in [2.75, 3.05) is 18.6 Å². The fourth-order valence-electron chi connectivity index (χ4n) is 1.66. The quantitative estimate of drug-likeness (QED) is 0.825. The third-order valence-electron chi connectivity index (χ3n) is 2.74. The standard InChI is InChI=1S/C13H17F3N2O3S/c1-22(20,21)8-7-17-12(19)18-11(13(14,15)16)9-10-5-3-2-4-6-10/h2-6,11H,7-9H2,1H3,(H2,17,18,19). The van der Waals surface area contributed by atoms with Crippen LogP contribution >= 0.6 is 0 Å². The second-order valence-corrected chi connectivity index (χ2v) is 7.07. The summed E-state index contributed by atoms with van der Waals surface area (Å²) in [5.74, 6) is -0.338. The lowest BCUT2D eigenvalue weighted by Crippen LogP contribution is -2.51. The molecule has 1 atom stereocenters. The summed E-state index contributed by atoms with van der Waals surface area (Å²) >= 11 is 0. The molecule has 9 heteroatoms. The Bertz CT molecular complexity index is 588. The van der Waals surface area contributed by atoms with Crippen molar-refractivity contribution in [3.05, 3.63) is 35.9 Å². The first-order valence-corrected chi connectivity index (χ1v) is 8.47. The van der Waals surface area contributed by atoms with E-state index in [9.17, 15) is 26.4 Å². The van der Waals surface area contributed by atoms with E-state index in [1.165, 1.54) is 12.1 Å². The highest BCUT2D eigenvalue weighted by atomic mass is 32.2. The second-order valence-electron chi connectivity index (χ2n) is 4.81. The van der Waals surface area contributed by atoms with Gasteiger partial charge in [-0.25, -0.2) is 13.2 Å². The Hall–Kier alpha value is -1.77. The van der Waals surface area contributed by atoms with Crippen LogP contribution in [0.15, 0.2) is 30.3 Å². The summed E-state index contributed by atoms with van der Waals surface area (Å²) in [6.45, 7) is -0.249. The fraction of sp³-hybridized carbons (Fsp3) is 0.462. The second kappa shape index (κ2) is 7.48. The van der Waals surface area contributed by atoms with Gasteiger partial charge in [-0.05, 0) is 5.56 Å². The molecule has 2 N–H and O–H groups in total. The molecule has 0 aliphatic heterocycles. The van der Waals surface area contributed by atoms with E-state index in [4.69, 9.17) is 0 Å². The number of carbonyl (C=O) groups is 1. The lowest BCUT2D eigenvalue weighted by Gasteiger charge is -2.22. The van der Waals surface area contributed by atoms with E-state index in [1.807, 2.05) is 5.32 Å². The number of hydrogen-bond donors (Lipinski definition) is 2. The first-order chi connectivity index (χ1) is 10.1. The summed E-state index contributed by atoms with van der Waals surface area (Å²) in [6.07, 6.45) is -4.03. The summed E-state index contributed by atoms with van der Waals surface area (Å²) in [6, 6.07) is 4.85. The van der Waals surface area contributed by atoms with E-state index >= 15 is 0 Å². The first-order valence-electron chi connectivity index (χ1n) is 6.40. The third kappa shape index (κ3) is 7.30. The van der Waals surface area contributed by atoms with Crippen LogP contribution in [0, 0.1) is 0 Å². The zero-order valence-electron chi connectivity index (χ0n) is 11.9. The van der Waals surface area contributed by atoms with Crippen LogP contribution in [-0.2, 0) is 16.3 Å². The molecule has 1 aromatic rings. The molecule has 0 heterocycles. The molecule has 2 amide bonds. The van der Waals surface area contributed by atoms with Crippen molar-refractivity contribution in [2.24, 2.45) is 0 Å². The van der Waals surface area contributed by atoms with Gasteiger partial charge in [0.05, 0.1) is 5.75 Å². The maximum atomic E-state index is 12.9. The summed E-state index contributed by atoms with van der Waals surface area (Å²) in [7, 11) is -3.29. The van der Waals surface area contributed by atoms with Gasteiger partial charge in [0.15, 0.2) is 0 Å². The third-order valence-corrected chi connectivity index (χ3v) is 3.69. The average molecular weight is 338 g/mol. The van der Waals surface area contributed by atoms with Crippen LogP contribution in [0.3, 0.4) is 0 Å². The Morgan fingerprint density at radius 1 is 1.23 bits per heavy atom. The highest BCUT2D eigenvalue weighted by molar-refractivity contribution is 7.90. The van der Waals surface area contributed by atoms with Crippen molar-refractivity contribution < 1.29 is 26.4 Å². The molecule has 0 fully saturated rings. The number of alkyl halides is 3. The molecular formula is C13H17F3N2O3S. The van der Waals surface area contributed by atoms with Crippen molar-refractivity contribution in [1.82, 2.24) is 10.6 Å². The summed E-state index contributed by atoms with van der Waals surface area (Å²) < 4.78 is 60.6. The zero-order valence-corrected chi connectivity index (χ0v) is 12.7. The van der Waals surface area contributed by atoms with Gasteiger partial charge in [-0.2, -0.15) is 13.2 Å². The molecule has 0 aromatic heterocycles. The lowest BCUT2D eigenvalue weighted by atomic mass is 10.1. The molecule has 0 saturated carbocycles. The van der Waals surface area contributed by atoms with E-state index in [1.54, 1.807) is 18.2 Å². The van der Waals surface area contributed by atoms with Gasteiger partial charge >= 0.3 is 12.2 Å². The van der Waals surface area contributed by atoms with Crippen LogP contribution in [0.4, 0.5) is 18.0 Å². The Labute approximate surface area is 126 Å². The van der Waals surface area contributed by atoms with Crippen molar-refractivity contribution >= 4 is 15.9 Å². The Balaban J connectivity index is 2.60. The van der Waals surface area contributed by atoms with E-state index in [0.29, 0.717) is 5.56 Å². The lowest BCUT2D eigenvalue weighted by molar-refractivity contribution is -0.152. The largest absolute Gasteiger partial charge is 0.408 e. The molecule has 0 radical (unpaired) electrons. The van der Waals surface area contributed by atoms with Crippen LogP contribution in [-0.4, -0.2) is 45.2 Å². The molecular weight excluding hydrogens is 321 g/mol. The predicted molar refractivity (Wildman–Crippen MR) is 76.2 cm³/mol. The number of rotatable bonds is 6. The van der Waals surface area contributed by atoms with Gasteiger partial charge in [-0.1, -0.05) is 30.3 Å². The number of benzene rings is 1. The maximum Gasteiger partial charge on any atom is 0.408 e. The van der Waals surface area contributed by atoms with Crippen LogP contribution in [0.5, 0.6) is 0 Å². The van der Waals surface area contributed by atoms with E-state index in [0.717, 1.165) is 6.26 Å². The molecule has 0 aliphatic rings. The molecule has 0 bridgehead atoms. The van der Waals surface area contributed by atoms with E-state index in [-0.39, 0.29) is 12.3 Å². The van der Waals surface area contributed by atoms with Crippen LogP contribution in [0.1, 0.15) is 5.56 Å². The number of hydrogen-bond acceptors (Lipinski definition) is 3. The summed E-state index contributed by atoms with van der Waals surface area (Å²) in [5.41, 5.74) is 0.432. The van der Waals surface area contributed by atoms with E-state index in [2.05, 4.69) is 5.32 Å². The topological polar surface area (TPSA) is 75.3 Å². The summed E-state index contributed by atoms with van der Waals surface area (Å²) in [5, 5.41) is 3.92. The monoisotopic (exact) mass is 338 g/mol. The number of carbonyl (C=O) groups excluding carboxylic acids is 1. The first kappa shape index (κ1) is 18.3. The number of amides is 2. The van der Waals surface area contributed by atoms with Gasteiger partial charge in [0.1, 0.15) is 15.9 Å². The number of nitrogens with one attached hydrogen (secondary N) is 2. The molecule has 1 aromatic carbocycles. The predicted octanol–water partition coefficient (Wildman–Crippen LogP) is 1.50. The van der Waals surface area contributed by atoms with E-state index < -0.39 is 34.5 Å². The highest BCUT2D eigenvalue weighted by Gasteiger charge is 2.40. The van der Waals surface area contributed by atoms with Gasteiger partial charge < -0.3 is 10.6 Å². The maximum absolute atomic E-state index is 12.9. The molecule has 22 heavy (non-hydrogen) atoms. The minimum absolute atomic E-state index is 0.249. The Kier molecular flexibility index (Phi) is 6.21. The van der Waals surface area contributed by atoms with Crippen LogP contribution in [0.2, 0.25) is 0 Å². The number of sulfone groups is 1. The molecule has 1 unspecified atom stereocenters. The number of urea groups is 1. The number of halogens is 3. The highest BCUT2D eigenvalue weighted by Crippen LogP contribution is 2.23. The molecule has 1 rings (SSSR count). The van der Waals surface area contributed by atoms with Gasteiger partial charge in [0.25, 0.3) is 0 Å². The fourth-order valence-corrected chi connectivity index (χ4v) is 2.13. The van der Waals surface area contributed by atoms with Gasteiger partial charge in [0.2, 0.25) is 0 Å². The van der Waals surface area contributed by atoms with Crippen molar-refractivity contribution in [3.63, 3.8) is 0 Å². The average Bonchev–Trinajstić information content (AvgIpc) is 2.36. The van der Waals surface area contributed by atoms with Crippen molar-refractivity contribution in [2.45, 2.75) is 18.6 Å². The molecule has 5 nitrogen and oxygen atoms in total. The summed E-state index contributed by atoms with van der Waals surface area (Å²) in [4.78, 5) is 11.5. The smallest absolute Gasteiger partial charge is 0.337 e. The molecule has 0 aliphatic carbocycles. The van der Waals surface area contributed by atoms with Crippen molar-refractivity contribution in [3.8, 4) is 0 Å². The molecule has 124 valence electrons.